The van der Waals surface area contributed by atoms with Crippen molar-refractivity contribution < 1.29 is 42.9 Å². The fraction of sp³-hybridized carbons (Fsp3) is 0.418. The van der Waals surface area contributed by atoms with Crippen LogP contribution in [0.15, 0.2) is 164 Å². The molecule has 0 unspecified atom stereocenters. The van der Waals surface area contributed by atoms with Crippen LogP contribution in [0, 0.1) is 0 Å². The number of ether oxygens (including phenoxy) is 5. The summed E-state index contributed by atoms with van der Waals surface area (Å²) in [7, 11) is 1.42. The maximum Gasteiger partial charge on any atom is 0.343 e. The molecule has 466 valence electrons. The second kappa shape index (κ2) is 39.2. The number of hydrogen-bond acceptors (Lipinski definition) is 9. The molecule has 0 aliphatic carbocycles. The molecule has 7 aromatic rings. The highest BCUT2D eigenvalue weighted by Crippen LogP contribution is 2.28. The molecule has 0 N–H and O–H groups in total. The van der Waals surface area contributed by atoms with E-state index < -0.39 is 23.9 Å². The van der Waals surface area contributed by atoms with Gasteiger partial charge < -0.3 is 23.7 Å². The van der Waals surface area contributed by atoms with Crippen LogP contribution in [0.3, 0.4) is 0 Å². The van der Waals surface area contributed by atoms with Crippen molar-refractivity contribution in [1.29, 1.82) is 0 Å². The van der Waals surface area contributed by atoms with Gasteiger partial charge in [0.2, 0.25) is 0 Å². The van der Waals surface area contributed by atoms with Crippen molar-refractivity contribution in [2.45, 2.75) is 206 Å². The summed E-state index contributed by atoms with van der Waals surface area (Å²) in [6.07, 6.45) is 40.2. The van der Waals surface area contributed by atoms with Gasteiger partial charge in [-0.05, 0) is 150 Å². The molecule has 0 aromatic heterocycles. The Kier molecular flexibility index (Phi) is 30.2. The van der Waals surface area contributed by atoms with Crippen LogP contribution in [0.1, 0.15) is 246 Å². The second-order valence-corrected chi connectivity index (χ2v) is 23.7. The molecule has 0 bridgehead atoms. The molecule has 0 saturated carbocycles. The van der Waals surface area contributed by atoms with Crippen LogP contribution < -0.4 is 23.7 Å². The maximum absolute atomic E-state index is 13.4. The number of esters is 4. The van der Waals surface area contributed by atoms with E-state index in [0.29, 0.717) is 11.1 Å². The molecule has 0 atom stereocenters. The first-order valence-electron chi connectivity index (χ1n) is 33.3. The minimum absolute atomic E-state index is 0.0418. The van der Waals surface area contributed by atoms with Gasteiger partial charge in [0.25, 0.3) is 0 Å². The molecule has 9 heteroatoms. The van der Waals surface area contributed by atoms with Crippen molar-refractivity contribution in [2.24, 2.45) is 0 Å². The molecular formula is C79H96O9. The van der Waals surface area contributed by atoms with Crippen LogP contribution in [-0.4, -0.2) is 31.0 Å². The Balaban J connectivity index is 0.780. The van der Waals surface area contributed by atoms with Gasteiger partial charge in [0.1, 0.15) is 28.7 Å². The van der Waals surface area contributed by atoms with Gasteiger partial charge in [-0.3, -0.25) is 0 Å². The van der Waals surface area contributed by atoms with Crippen LogP contribution in [0.2, 0.25) is 0 Å². The predicted molar refractivity (Wildman–Crippen MR) is 358 cm³/mol. The van der Waals surface area contributed by atoms with Crippen LogP contribution in [0.25, 0.3) is 22.3 Å². The molecule has 0 fully saturated rings. The number of benzene rings is 7. The van der Waals surface area contributed by atoms with E-state index in [2.05, 4.69) is 62.4 Å². The van der Waals surface area contributed by atoms with Gasteiger partial charge in [-0.15, -0.1) is 0 Å². The smallest absolute Gasteiger partial charge is 0.343 e. The molecule has 88 heavy (non-hydrogen) atoms. The Labute approximate surface area is 525 Å². The summed E-state index contributed by atoms with van der Waals surface area (Å²) in [4.78, 5) is 53.1. The zero-order valence-electron chi connectivity index (χ0n) is 53.0. The highest BCUT2D eigenvalue weighted by molar-refractivity contribution is 5.98. The summed E-state index contributed by atoms with van der Waals surface area (Å²) in [5.41, 5.74) is 7.77. The first kappa shape index (κ1) is 67.7. The Morgan fingerprint density at radius 1 is 0.250 bits per heavy atom. The minimum atomic E-state index is -0.752. The number of aryl methyl sites for hydroxylation is 2. The molecule has 0 aliphatic heterocycles. The third kappa shape index (κ3) is 24.4. The average Bonchev–Trinajstić information content (AvgIpc) is 3.74. The lowest BCUT2D eigenvalue weighted by Gasteiger charge is -2.11. The third-order valence-electron chi connectivity index (χ3n) is 16.6. The molecule has 0 saturated heterocycles. The number of unbranched alkanes of at least 4 members (excludes halogenated alkanes) is 26. The molecule has 0 amide bonds. The average molecular weight is 1190 g/mol. The topological polar surface area (TPSA) is 114 Å². The monoisotopic (exact) mass is 1190 g/mol. The largest absolute Gasteiger partial charge is 0.497 e. The highest BCUT2D eigenvalue weighted by atomic mass is 16.6. The third-order valence-corrected chi connectivity index (χ3v) is 16.6. The van der Waals surface area contributed by atoms with Crippen LogP contribution >= 0.6 is 0 Å². The molecule has 0 radical (unpaired) electrons. The van der Waals surface area contributed by atoms with Gasteiger partial charge >= 0.3 is 23.9 Å². The SMILES string of the molecule is CCCCCCCCCCCCCCCCc1ccc(-c2ccc(C(=O)Oc3ccc(OC(=O)c4cc(OC)cc(C(=O)Oc5ccc(OC(=O)c6ccc(-c7ccc(CCCCCCCCCCCCCCCC)cc7)cc6)cc5)c4)cc3)cc2)cc1. The Bertz CT molecular complexity index is 2920. The molecule has 0 aliphatic rings. The number of carbonyl (C=O) groups excluding carboxylic acids is 4. The Hall–Kier alpha value is -7.78. The van der Waals surface area contributed by atoms with Crippen molar-refractivity contribution in [2.75, 3.05) is 7.11 Å². The lowest BCUT2D eigenvalue weighted by molar-refractivity contribution is 0.0714. The van der Waals surface area contributed by atoms with E-state index in [1.54, 1.807) is 24.3 Å². The van der Waals surface area contributed by atoms with E-state index >= 15 is 0 Å². The quantitative estimate of drug-likeness (QED) is 0.0210. The maximum atomic E-state index is 13.4. The van der Waals surface area contributed by atoms with E-state index in [4.69, 9.17) is 23.7 Å². The normalized spacial score (nSPS) is 11.1. The number of rotatable bonds is 41. The highest BCUT2D eigenvalue weighted by Gasteiger charge is 2.19. The van der Waals surface area contributed by atoms with Crippen LogP contribution in [0.5, 0.6) is 28.7 Å². The van der Waals surface area contributed by atoms with Crippen molar-refractivity contribution in [3.8, 4) is 51.0 Å². The van der Waals surface area contributed by atoms with E-state index in [1.165, 1.54) is 265 Å². The van der Waals surface area contributed by atoms with Crippen LogP contribution in [-0.2, 0) is 12.8 Å². The van der Waals surface area contributed by atoms with E-state index in [1.807, 2.05) is 24.3 Å². The Morgan fingerprint density at radius 2 is 0.477 bits per heavy atom. The van der Waals surface area contributed by atoms with Gasteiger partial charge in [-0.1, -0.05) is 254 Å². The first-order chi connectivity index (χ1) is 43.2. The first-order valence-corrected chi connectivity index (χ1v) is 33.3. The predicted octanol–water partition coefficient (Wildman–Crippen LogP) is 22.0. The molecule has 9 nitrogen and oxygen atoms in total. The number of hydrogen-bond donors (Lipinski definition) is 0. The number of methoxy groups -OCH3 is 1. The summed E-state index contributed by atoms with van der Waals surface area (Å²) < 4.78 is 28.0. The van der Waals surface area contributed by atoms with E-state index in [0.717, 1.165) is 35.1 Å². The van der Waals surface area contributed by atoms with Crippen LogP contribution in [0.4, 0.5) is 0 Å². The standard InChI is InChI=1S/C79H96O9/c1-4-6-8-10-12-14-16-18-20-22-24-26-28-30-32-61-34-38-63(39-35-61)65-42-46-67(47-43-65)76(80)85-71-50-54-73(55-51-71)87-78(82)69-58-70(60-75(59-69)84-3)79(83)88-74-56-52-72(53-57-74)86-77(81)68-48-44-66(45-49-68)64-40-36-62(37-41-64)33-31-29-27-25-23-21-19-17-15-13-11-9-7-5-2/h34-60H,4-33H2,1-3H3. The van der Waals surface area contributed by atoms with Crippen molar-refractivity contribution in [3.63, 3.8) is 0 Å². The summed E-state index contributed by atoms with van der Waals surface area (Å²) in [5, 5.41) is 0. The van der Waals surface area contributed by atoms with Gasteiger partial charge in [0.05, 0.1) is 29.4 Å². The summed E-state index contributed by atoms with van der Waals surface area (Å²) in [6, 6.07) is 48.5. The molecule has 0 spiro atoms. The molecule has 7 rings (SSSR count). The van der Waals surface area contributed by atoms with Gasteiger partial charge in [-0.25, -0.2) is 19.2 Å². The van der Waals surface area contributed by atoms with E-state index in [-0.39, 0.29) is 39.9 Å². The summed E-state index contributed by atoms with van der Waals surface area (Å²) in [6.45, 7) is 4.55. The second-order valence-electron chi connectivity index (χ2n) is 23.7. The fourth-order valence-corrected chi connectivity index (χ4v) is 11.1. The Morgan fingerprint density at radius 3 is 0.727 bits per heavy atom. The summed E-state index contributed by atoms with van der Waals surface area (Å²) in [5.74, 6) is -1.39. The minimum Gasteiger partial charge on any atom is -0.497 e. The molecular weight excluding hydrogens is 1090 g/mol. The van der Waals surface area contributed by atoms with Gasteiger partial charge in [0, 0.05) is 0 Å². The number of carbonyl (C=O) groups is 4. The zero-order chi connectivity index (χ0) is 61.8. The lowest BCUT2D eigenvalue weighted by atomic mass is 10.00. The fourth-order valence-electron chi connectivity index (χ4n) is 11.1. The zero-order valence-corrected chi connectivity index (χ0v) is 53.0. The van der Waals surface area contributed by atoms with Crippen molar-refractivity contribution >= 4 is 23.9 Å². The van der Waals surface area contributed by atoms with Gasteiger partial charge in [-0.2, -0.15) is 0 Å². The van der Waals surface area contributed by atoms with Crippen molar-refractivity contribution in [3.05, 3.63) is 197 Å². The van der Waals surface area contributed by atoms with Gasteiger partial charge in [0.15, 0.2) is 0 Å². The van der Waals surface area contributed by atoms with E-state index in [9.17, 15) is 19.2 Å². The molecule has 7 aromatic carbocycles. The molecule has 0 heterocycles. The summed E-state index contributed by atoms with van der Waals surface area (Å²) >= 11 is 0. The van der Waals surface area contributed by atoms with Crippen molar-refractivity contribution in [1.82, 2.24) is 0 Å². The lowest BCUT2D eigenvalue weighted by Crippen LogP contribution is -2.13.